The normalized spacial score (nSPS) is 17.4. The molecule has 0 aliphatic carbocycles. The Labute approximate surface area is 145 Å². The van der Waals surface area contributed by atoms with Crippen LogP contribution in [0.5, 0.6) is 0 Å². The van der Waals surface area contributed by atoms with Gasteiger partial charge < -0.3 is 4.90 Å². The van der Waals surface area contributed by atoms with Crippen LogP contribution in [0.3, 0.4) is 0 Å². The molecule has 25 heavy (non-hydrogen) atoms. The average Bonchev–Trinajstić information content (AvgIpc) is 3.23. The number of amides is 1. The van der Waals surface area contributed by atoms with Crippen LogP contribution in [0.25, 0.3) is 5.82 Å². The van der Waals surface area contributed by atoms with Crippen LogP contribution >= 0.6 is 0 Å². The highest BCUT2D eigenvalue weighted by atomic mass is 16.2. The van der Waals surface area contributed by atoms with Crippen molar-refractivity contribution in [2.75, 3.05) is 6.54 Å². The number of carbonyl (C=O) groups is 1. The second-order valence-electron chi connectivity index (χ2n) is 5.97. The minimum absolute atomic E-state index is 0.0204. The van der Waals surface area contributed by atoms with Crippen molar-refractivity contribution in [2.45, 2.75) is 25.3 Å². The number of nitrogens with zero attached hydrogens (tertiary/aromatic N) is 6. The van der Waals surface area contributed by atoms with Crippen LogP contribution in [0.2, 0.25) is 0 Å². The van der Waals surface area contributed by atoms with Crippen molar-refractivity contribution in [3.05, 3.63) is 66.6 Å². The molecule has 1 aliphatic rings. The molecular formula is C18H18N6O. The molecule has 1 saturated heterocycles. The van der Waals surface area contributed by atoms with Crippen molar-refractivity contribution in [1.29, 1.82) is 0 Å². The van der Waals surface area contributed by atoms with Gasteiger partial charge >= 0.3 is 0 Å². The summed E-state index contributed by atoms with van der Waals surface area (Å²) in [5.74, 6) is 1.31. The monoisotopic (exact) mass is 334 g/mol. The highest BCUT2D eigenvalue weighted by Crippen LogP contribution is 2.30. The average molecular weight is 334 g/mol. The summed E-state index contributed by atoms with van der Waals surface area (Å²) in [4.78, 5) is 28.0. The molecule has 1 fully saturated rings. The fourth-order valence-electron chi connectivity index (χ4n) is 3.17. The second kappa shape index (κ2) is 6.80. The van der Waals surface area contributed by atoms with Gasteiger partial charge in [0.15, 0.2) is 11.6 Å². The first-order chi connectivity index (χ1) is 12.3. The fourth-order valence-corrected chi connectivity index (χ4v) is 3.17. The van der Waals surface area contributed by atoms with Crippen LogP contribution in [0.1, 0.15) is 41.5 Å². The predicted molar refractivity (Wildman–Crippen MR) is 91.0 cm³/mol. The summed E-state index contributed by atoms with van der Waals surface area (Å²) in [7, 11) is 0. The lowest BCUT2D eigenvalue weighted by Gasteiger charge is -2.34. The van der Waals surface area contributed by atoms with E-state index >= 15 is 0 Å². The molecule has 3 aromatic heterocycles. The first-order valence-electron chi connectivity index (χ1n) is 8.37. The van der Waals surface area contributed by atoms with Crippen molar-refractivity contribution in [1.82, 2.24) is 29.6 Å². The maximum Gasteiger partial charge on any atom is 0.254 e. The van der Waals surface area contributed by atoms with Gasteiger partial charge in [0.2, 0.25) is 0 Å². The van der Waals surface area contributed by atoms with Crippen LogP contribution in [0, 0.1) is 0 Å². The molecule has 4 heterocycles. The first-order valence-corrected chi connectivity index (χ1v) is 8.37. The summed E-state index contributed by atoms with van der Waals surface area (Å²) in [5.41, 5.74) is 0.600. The summed E-state index contributed by atoms with van der Waals surface area (Å²) in [6.07, 6.45) is 11.5. The van der Waals surface area contributed by atoms with Gasteiger partial charge in [0.1, 0.15) is 0 Å². The molecule has 0 bridgehead atoms. The standard InChI is InChI=1S/C18H18N6O/c25-18(14-6-10-19-16(13-14)24-12-4-9-22-24)23-11-2-1-5-15(23)17-20-7-3-8-21-17/h3-4,6-10,12-13,15H,1-2,5,11H2. The third kappa shape index (κ3) is 3.13. The van der Waals surface area contributed by atoms with Gasteiger partial charge in [-0.1, -0.05) is 0 Å². The Bertz CT molecular complexity index is 849. The summed E-state index contributed by atoms with van der Waals surface area (Å²) >= 11 is 0. The maximum atomic E-state index is 13.1. The van der Waals surface area contributed by atoms with Gasteiger partial charge in [-0.15, -0.1) is 0 Å². The minimum Gasteiger partial charge on any atom is -0.328 e. The number of carbonyl (C=O) groups excluding carboxylic acids is 1. The topological polar surface area (TPSA) is 76.8 Å². The van der Waals surface area contributed by atoms with Gasteiger partial charge in [-0.2, -0.15) is 5.10 Å². The summed E-state index contributed by atoms with van der Waals surface area (Å²) in [6, 6.07) is 7.05. The van der Waals surface area contributed by atoms with E-state index in [2.05, 4.69) is 20.1 Å². The molecule has 7 heteroatoms. The van der Waals surface area contributed by atoms with Gasteiger partial charge in [0, 0.05) is 43.1 Å². The van der Waals surface area contributed by atoms with Crippen molar-refractivity contribution in [2.24, 2.45) is 0 Å². The second-order valence-corrected chi connectivity index (χ2v) is 5.97. The maximum absolute atomic E-state index is 13.1. The molecule has 4 rings (SSSR count). The minimum atomic E-state index is -0.0798. The molecule has 0 saturated carbocycles. The van der Waals surface area contributed by atoms with Crippen LogP contribution < -0.4 is 0 Å². The third-order valence-electron chi connectivity index (χ3n) is 4.38. The van der Waals surface area contributed by atoms with E-state index in [0.29, 0.717) is 23.8 Å². The summed E-state index contributed by atoms with van der Waals surface area (Å²) in [5, 5.41) is 4.17. The van der Waals surface area contributed by atoms with E-state index in [0.717, 1.165) is 19.3 Å². The van der Waals surface area contributed by atoms with Gasteiger partial charge in [-0.25, -0.2) is 19.6 Å². The molecule has 3 aromatic rings. The highest BCUT2D eigenvalue weighted by Gasteiger charge is 2.30. The summed E-state index contributed by atoms with van der Waals surface area (Å²) < 4.78 is 1.64. The molecule has 0 N–H and O–H groups in total. The van der Waals surface area contributed by atoms with Gasteiger partial charge in [-0.05, 0) is 43.5 Å². The van der Waals surface area contributed by atoms with E-state index in [1.54, 1.807) is 53.9 Å². The number of likely N-dealkylation sites (tertiary alicyclic amines) is 1. The lowest BCUT2D eigenvalue weighted by molar-refractivity contribution is 0.0599. The van der Waals surface area contributed by atoms with Crippen molar-refractivity contribution < 1.29 is 4.79 Å². The quantitative estimate of drug-likeness (QED) is 0.735. The SMILES string of the molecule is O=C(c1ccnc(-n2cccn2)c1)N1CCCCC1c1ncccn1. The van der Waals surface area contributed by atoms with Gasteiger partial charge in [0.25, 0.3) is 5.91 Å². The molecular weight excluding hydrogens is 316 g/mol. The van der Waals surface area contributed by atoms with Crippen LogP contribution in [0.15, 0.2) is 55.2 Å². The highest BCUT2D eigenvalue weighted by molar-refractivity contribution is 5.94. The Morgan fingerprint density at radius 3 is 2.72 bits per heavy atom. The number of piperidine rings is 1. The molecule has 7 nitrogen and oxygen atoms in total. The van der Waals surface area contributed by atoms with E-state index in [-0.39, 0.29) is 11.9 Å². The van der Waals surface area contributed by atoms with Crippen LogP contribution in [0.4, 0.5) is 0 Å². The molecule has 1 amide bonds. The lowest BCUT2D eigenvalue weighted by atomic mass is 10.00. The number of hydrogen-bond donors (Lipinski definition) is 0. The fraction of sp³-hybridized carbons (Fsp3) is 0.278. The third-order valence-corrected chi connectivity index (χ3v) is 4.38. The van der Waals surface area contributed by atoms with Crippen molar-refractivity contribution in [3.63, 3.8) is 0 Å². The van der Waals surface area contributed by atoms with Crippen molar-refractivity contribution >= 4 is 5.91 Å². The van der Waals surface area contributed by atoms with E-state index in [1.807, 2.05) is 11.0 Å². The van der Waals surface area contributed by atoms with E-state index in [9.17, 15) is 4.79 Å². The Morgan fingerprint density at radius 2 is 1.92 bits per heavy atom. The molecule has 126 valence electrons. The number of pyridine rings is 1. The zero-order valence-corrected chi connectivity index (χ0v) is 13.7. The molecule has 1 unspecified atom stereocenters. The van der Waals surface area contributed by atoms with Gasteiger partial charge in [0.05, 0.1) is 6.04 Å². The number of hydrogen-bond acceptors (Lipinski definition) is 5. The predicted octanol–water partition coefficient (Wildman–Crippen LogP) is 2.42. The zero-order valence-electron chi connectivity index (χ0n) is 13.7. The van der Waals surface area contributed by atoms with Gasteiger partial charge in [-0.3, -0.25) is 4.79 Å². The molecule has 1 atom stereocenters. The van der Waals surface area contributed by atoms with E-state index < -0.39 is 0 Å². The Kier molecular flexibility index (Phi) is 4.20. The summed E-state index contributed by atoms with van der Waals surface area (Å²) in [6.45, 7) is 0.710. The molecule has 0 aromatic carbocycles. The zero-order chi connectivity index (χ0) is 17.1. The molecule has 1 aliphatic heterocycles. The van der Waals surface area contributed by atoms with Crippen LogP contribution in [-0.2, 0) is 0 Å². The Balaban J connectivity index is 1.64. The number of aromatic nitrogens is 5. The van der Waals surface area contributed by atoms with E-state index in [4.69, 9.17) is 0 Å². The molecule has 0 radical (unpaired) electrons. The molecule has 0 spiro atoms. The largest absolute Gasteiger partial charge is 0.328 e. The van der Waals surface area contributed by atoms with Crippen LogP contribution in [-0.4, -0.2) is 42.1 Å². The number of rotatable bonds is 3. The lowest BCUT2D eigenvalue weighted by Crippen LogP contribution is -2.39. The Morgan fingerprint density at radius 1 is 1.04 bits per heavy atom. The Hall–Kier alpha value is -3.09. The van der Waals surface area contributed by atoms with E-state index in [1.165, 1.54) is 0 Å². The van der Waals surface area contributed by atoms with Crippen molar-refractivity contribution in [3.8, 4) is 5.82 Å². The first kappa shape index (κ1) is 15.4. The smallest absolute Gasteiger partial charge is 0.254 e.